The monoisotopic (exact) mass is 172 g/mol. The Balaban J connectivity index is 2.06. The van der Waals surface area contributed by atoms with Gasteiger partial charge in [0.05, 0.1) is 0 Å². The highest BCUT2D eigenvalue weighted by molar-refractivity contribution is 5.60. The van der Waals surface area contributed by atoms with Gasteiger partial charge in [-0.1, -0.05) is 12.1 Å². The zero-order valence-electron chi connectivity index (χ0n) is 7.48. The van der Waals surface area contributed by atoms with Crippen LogP contribution >= 0.6 is 0 Å². The molecule has 2 heteroatoms. The van der Waals surface area contributed by atoms with E-state index in [1.807, 2.05) is 18.5 Å². The van der Waals surface area contributed by atoms with Gasteiger partial charge in [-0.05, 0) is 24.5 Å². The quantitative estimate of drug-likeness (QED) is 0.672. The summed E-state index contributed by atoms with van der Waals surface area (Å²) in [6.07, 6.45) is 11.0. The predicted molar refractivity (Wildman–Crippen MR) is 53.8 cm³/mol. The second kappa shape index (κ2) is 3.99. The zero-order valence-corrected chi connectivity index (χ0v) is 7.48. The lowest BCUT2D eigenvalue weighted by Crippen LogP contribution is -1.93. The largest absolute Gasteiger partial charge is 0.266 e. The minimum absolute atomic E-state index is 0.907. The summed E-state index contributed by atoms with van der Waals surface area (Å²) in [5.74, 6) is 0. The zero-order chi connectivity index (χ0) is 8.93. The van der Waals surface area contributed by atoms with Crippen LogP contribution < -0.4 is 0 Å². The molecule has 0 aromatic carbocycles. The van der Waals surface area contributed by atoms with Crippen LogP contribution in [0.3, 0.4) is 0 Å². The van der Waals surface area contributed by atoms with Crippen molar-refractivity contribution in [1.82, 2.24) is 4.98 Å². The first-order valence-electron chi connectivity index (χ1n) is 4.55. The Hall–Kier alpha value is -1.44. The Kier molecular flexibility index (Phi) is 2.51. The fourth-order valence-corrected chi connectivity index (χ4v) is 1.39. The van der Waals surface area contributed by atoms with E-state index < -0.39 is 0 Å². The van der Waals surface area contributed by atoms with Crippen molar-refractivity contribution in [2.24, 2.45) is 4.99 Å². The van der Waals surface area contributed by atoms with Crippen molar-refractivity contribution in [3.8, 4) is 0 Å². The number of pyridine rings is 1. The van der Waals surface area contributed by atoms with E-state index in [0.717, 1.165) is 19.3 Å². The minimum Gasteiger partial charge on any atom is -0.266 e. The molecule has 0 aliphatic carbocycles. The van der Waals surface area contributed by atoms with Crippen molar-refractivity contribution in [1.29, 1.82) is 0 Å². The first-order valence-corrected chi connectivity index (χ1v) is 4.55. The van der Waals surface area contributed by atoms with Crippen LogP contribution in [0.1, 0.15) is 18.4 Å². The summed E-state index contributed by atoms with van der Waals surface area (Å²) in [5, 5.41) is 0. The molecule has 2 rings (SSSR count). The summed E-state index contributed by atoms with van der Waals surface area (Å²) >= 11 is 0. The van der Waals surface area contributed by atoms with Gasteiger partial charge < -0.3 is 0 Å². The normalized spacial score (nSPS) is 15.5. The molecule has 0 N–H and O–H groups in total. The van der Waals surface area contributed by atoms with Crippen LogP contribution in [0.2, 0.25) is 0 Å². The molecule has 0 atom stereocenters. The van der Waals surface area contributed by atoms with Crippen molar-refractivity contribution in [2.45, 2.75) is 19.3 Å². The maximum absolute atomic E-state index is 4.33. The van der Waals surface area contributed by atoms with E-state index in [9.17, 15) is 0 Å². The summed E-state index contributed by atoms with van der Waals surface area (Å²) in [5.41, 5.74) is 2.40. The van der Waals surface area contributed by atoms with Crippen molar-refractivity contribution >= 4 is 6.21 Å². The number of aromatic nitrogens is 1. The molecule has 1 aliphatic heterocycles. The van der Waals surface area contributed by atoms with Gasteiger partial charge in [-0.2, -0.15) is 0 Å². The van der Waals surface area contributed by atoms with E-state index >= 15 is 0 Å². The lowest BCUT2D eigenvalue weighted by atomic mass is 10.1. The van der Waals surface area contributed by atoms with Gasteiger partial charge in [0, 0.05) is 30.7 Å². The molecule has 0 amide bonds. The van der Waals surface area contributed by atoms with Gasteiger partial charge in [0.15, 0.2) is 0 Å². The van der Waals surface area contributed by atoms with Gasteiger partial charge in [-0.25, -0.2) is 0 Å². The Labute approximate surface area is 78.0 Å². The average molecular weight is 172 g/mol. The molecule has 13 heavy (non-hydrogen) atoms. The van der Waals surface area contributed by atoms with Crippen LogP contribution in [0.25, 0.3) is 0 Å². The van der Waals surface area contributed by atoms with Crippen LogP contribution in [0.4, 0.5) is 0 Å². The number of rotatable bonds is 2. The Bertz CT molecular complexity index is 325. The molecule has 2 heterocycles. The third-order valence-electron chi connectivity index (χ3n) is 2.04. The molecular formula is C11H12N2. The molecule has 0 bridgehead atoms. The summed E-state index contributed by atoms with van der Waals surface area (Å²) in [4.78, 5) is 8.40. The third kappa shape index (κ3) is 2.25. The van der Waals surface area contributed by atoms with Crippen LogP contribution in [-0.4, -0.2) is 11.2 Å². The Morgan fingerprint density at radius 2 is 2.31 bits per heavy atom. The lowest BCUT2D eigenvalue weighted by Gasteiger charge is -2.05. The average Bonchev–Trinajstić information content (AvgIpc) is 2.21. The molecule has 0 spiro atoms. The highest BCUT2D eigenvalue weighted by atomic mass is 14.7. The third-order valence-corrected chi connectivity index (χ3v) is 2.04. The van der Waals surface area contributed by atoms with E-state index in [1.165, 1.54) is 11.3 Å². The molecule has 0 unspecified atom stereocenters. The molecule has 1 aromatic heterocycles. The van der Waals surface area contributed by atoms with E-state index in [4.69, 9.17) is 0 Å². The van der Waals surface area contributed by atoms with Gasteiger partial charge in [0.1, 0.15) is 0 Å². The van der Waals surface area contributed by atoms with Gasteiger partial charge in [-0.15, -0.1) is 0 Å². The fraction of sp³-hybridized carbons (Fsp3) is 0.273. The van der Waals surface area contributed by atoms with E-state index in [2.05, 4.69) is 22.1 Å². The van der Waals surface area contributed by atoms with E-state index in [0.29, 0.717) is 0 Å². The molecule has 0 radical (unpaired) electrons. The standard InChI is InChI=1S/C11H12N2/c1-2-7-13-11(5-1)8-10-4-3-6-12-9-10/h3-7,9H,1-2,8H2. The van der Waals surface area contributed by atoms with E-state index in [1.54, 1.807) is 6.20 Å². The first kappa shape index (κ1) is 8.17. The van der Waals surface area contributed by atoms with Gasteiger partial charge in [0.25, 0.3) is 0 Å². The summed E-state index contributed by atoms with van der Waals surface area (Å²) in [6, 6.07) is 4.04. The Morgan fingerprint density at radius 1 is 1.31 bits per heavy atom. The predicted octanol–water partition coefficient (Wildman–Crippen LogP) is 2.37. The number of hydrogen-bond acceptors (Lipinski definition) is 2. The summed E-state index contributed by atoms with van der Waals surface area (Å²) in [6.45, 7) is 0. The molecule has 1 aliphatic rings. The molecule has 1 aromatic rings. The van der Waals surface area contributed by atoms with E-state index in [-0.39, 0.29) is 0 Å². The lowest BCUT2D eigenvalue weighted by molar-refractivity contribution is 0.988. The number of aliphatic imine (C=N–C) groups is 1. The maximum atomic E-state index is 4.33. The van der Waals surface area contributed by atoms with Gasteiger partial charge >= 0.3 is 0 Å². The van der Waals surface area contributed by atoms with Gasteiger partial charge in [0.2, 0.25) is 0 Å². The van der Waals surface area contributed by atoms with Crippen molar-refractivity contribution in [3.05, 3.63) is 41.9 Å². The second-order valence-electron chi connectivity index (χ2n) is 3.12. The highest BCUT2D eigenvalue weighted by Gasteiger charge is 1.99. The first-order chi connectivity index (χ1) is 6.45. The Morgan fingerprint density at radius 3 is 3.00 bits per heavy atom. The SMILES string of the molecule is C1=NC(Cc2cccnc2)=CCC1. The summed E-state index contributed by atoms with van der Waals surface area (Å²) in [7, 11) is 0. The molecule has 0 saturated carbocycles. The summed E-state index contributed by atoms with van der Waals surface area (Å²) < 4.78 is 0. The number of hydrogen-bond donors (Lipinski definition) is 0. The van der Waals surface area contributed by atoms with Crippen molar-refractivity contribution in [3.63, 3.8) is 0 Å². The molecular weight excluding hydrogens is 160 g/mol. The molecule has 0 fully saturated rings. The maximum Gasteiger partial charge on any atom is 0.0404 e. The molecule has 66 valence electrons. The van der Waals surface area contributed by atoms with Crippen molar-refractivity contribution in [2.75, 3.05) is 0 Å². The van der Waals surface area contributed by atoms with Crippen LogP contribution in [0.5, 0.6) is 0 Å². The second-order valence-corrected chi connectivity index (χ2v) is 3.12. The topological polar surface area (TPSA) is 25.2 Å². The smallest absolute Gasteiger partial charge is 0.0404 e. The number of nitrogens with zero attached hydrogens (tertiary/aromatic N) is 2. The van der Waals surface area contributed by atoms with Crippen LogP contribution in [0, 0.1) is 0 Å². The van der Waals surface area contributed by atoms with Gasteiger partial charge in [-0.3, -0.25) is 9.98 Å². The van der Waals surface area contributed by atoms with Crippen LogP contribution in [0.15, 0.2) is 41.3 Å². The fourth-order valence-electron chi connectivity index (χ4n) is 1.39. The molecule has 2 nitrogen and oxygen atoms in total. The van der Waals surface area contributed by atoms with Crippen LogP contribution in [-0.2, 0) is 6.42 Å². The van der Waals surface area contributed by atoms with Crippen molar-refractivity contribution < 1.29 is 0 Å². The minimum atomic E-state index is 0.907. The number of allylic oxidation sites excluding steroid dienone is 2. The molecule has 0 saturated heterocycles. The highest BCUT2D eigenvalue weighted by Crippen LogP contribution is 2.12.